The van der Waals surface area contributed by atoms with Crippen molar-refractivity contribution in [3.05, 3.63) is 24.2 Å². The van der Waals surface area contributed by atoms with Crippen LogP contribution in [-0.4, -0.2) is 11.7 Å². The Hall–Kier alpha value is -0.900. The molecule has 12 heavy (non-hydrogen) atoms. The van der Waals surface area contributed by atoms with Crippen molar-refractivity contribution in [3.63, 3.8) is 0 Å². The van der Waals surface area contributed by atoms with Crippen molar-refractivity contribution in [1.82, 2.24) is 0 Å². The molecular weight excluding hydrogens is 176 g/mol. The fourth-order valence-electron chi connectivity index (χ4n) is 0.710. The predicted octanol–water partition coefficient (Wildman–Crippen LogP) is 1.64. The van der Waals surface area contributed by atoms with Crippen molar-refractivity contribution in [1.29, 1.82) is 0 Å². The van der Waals surface area contributed by atoms with E-state index in [1.807, 2.05) is 0 Å². The van der Waals surface area contributed by atoms with Crippen LogP contribution in [0.15, 0.2) is 22.8 Å². The second kappa shape index (κ2) is 4.87. The SMILES string of the molecule is O=C(CCS)OCc1ccco1. The number of hydrogen-bond donors (Lipinski definition) is 1. The zero-order chi connectivity index (χ0) is 8.81. The summed E-state index contributed by atoms with van der Waals surface area (Å²) in [5.74, 6) is 0.917. The number of furan rings is 1. The molecule has 66 valence electrons. The highest BCUT2D eigenvalue weighted by Gasteiger charge is 2.02. The van der Waals surface area contributed by atoms with Gasteiger partial charge in [-0.25, -0.2) is 0 Å². The van der Waals surface area contributed by atoms with Gasteiger partial charge >= 0.3 is 5.97 Å². The van der Waals surface area contributed by atoms with Gasteiger partial charge in [0, 0.05) is 5.75 Å². The van der Waals surface area contributed by atoms with E-state index in [0.717, 1.165) is 0 Å². The topological polar surface area (TPSA) is 39.4 Å². The van der Waals surface area contributed by atoms with Crippen LogP contribution in [0.25, 0.3) is 0 Å². The Morgan fingerprint density at radius 2 is 2.50 bits per heavy atom. The Morgan fingerprint density at radius 3 is 3.08 bits per heavy atom. The van der Waals surface area contributed by atoms with E-state index in [2.05, 4.69) is 12.6 Å². The number of rotatable bonds is 4. The molecule has 4 heteroatoms. The van der Waals surface area contributed by atoms with Crippen LogP contribution in [0.2, 0.25) is 0 Å². The molecule has 1 heterocycles. The maximum atomic E-state index is 10.8. The van der Waals surface area contributed by atoms with Crippen LogP contribution < -0.4 is 0 Å². The molecule has 0 aliphatic heterocycles. The van der Waals surface area contributed by atoms with E-state index in [4.69, 9.17) is 9.15 Å². The summed E-state index contributed by atoms with van der Waals surface area (Å²) in [4.78, 5) is 10.8. The van der Waals surface area contributed by atoms with E-state index in [1.165, 1.54) is 0 Å². The first kappa shape index (κ1) is 9.19. The third-order valence-electron chi connectivity index (χ3n) is 1.27. The second-order valence-electron chi connectivity index (χ2n) is 2.21. The van der Waals surface area contributed by atoms with Gasteiger partial charge in [-0.1, -0.05) is 0 Å². The minimum Gasteiger partial charge on any atom is -0.466 e. The van der Waals surface area contributed by atoms with Crippen LogP contribution >= 0.6 is 12.6 Å². The van der Waals surface area contributed by atoms with Gasteiger partial charge in [0.2, 0.25) is 0 Å². The first-order valence-corrected chi connectivity index (χ1v) is 4.25. The summed E-state index contributed by atoms with van der Waals surface area (Å²) >= 11 is 3.90. The van der Waals surface area contributed by atoms with Crippen molar-refractivity contribution in [2.75, 3.05) is 5.75 Å². The smallest absolute Gasteiger partial charge is 0.307 e. The lowest BCUT2D eigenvalue weighted by Crippen LogP contribution is -2.04. The Labute approximate surface area is 76.1 Å². The monoisotopic (exact) mass is 186 g/mol. The highest BCUT2D eigenvalue weighted by molar-refractivity contribution is 7.80. The van der Waals surface area contributed by atoms with Crippen molar-refractivity contribution in [2.45, 2.75) is 13.0 Å². The third kappa shape index (κ3) is 3.00. The Morgan fingerprint density at radius 1 is 1.67 bits per heavy atom. The van der Waals surface area contributed by atoms with E-state index in [9.17, 15) is 4.79 Å². The quantitative estimate of drug-likeness (QED) is 0.574. The maximum Gasteiger partial charge on any atom is 0.307 e. The van der Waals surface area contributed by atoms with Gasteiger partial charge < -0.3 is 9.15 Å². The van der Waals surface area contributed by atoms with Crippen LogP contribution in [-0.2, 0) is 16.1 Å². The maximum absolute atomic E-state index is 10.8. The standard InChI is InChI=1S/C8H10O3S/c9-8(3-5-12)11-6-7-2-1-4-10-7/h1-2,4,12H,3,5-6H2. The molecule has 0 spiro atoms. The van der Waals surface area contributed by atoms with Crippen molar-refractivity contribution >= 4 is 18.6 Å². The molecule has 0 atom stereocenters. The van der Waals surface area contributed by atoms with Crippen molar-refractivity contribution in [3.8, 4) is 0 Å². The van der Waals surface area contributed by atoms with E-state index in [1.54, 1.807) is 18.4 Å². The molecule has 0 bridgehead atoms. The summed E-state index contributed by atoms with van der Waals surface area (Å²) in [7, 11) is 0. The van der Waals surface area contributed by atoms with Crippen LogP contribution in [0.4, 0.5) is 0 Å². The summed E-state index contributed by atoms with van der Waals surface area (Å²) < 4.78 is 9.81. The second-order valence-corrected chi connectivity index (χ2v) is 2.66. The van der Waals surface area contributed by atoms with Gasteiger partial charge in [-0.15, -0.1) is 0 Å². The van der Waals surface area contributed by atoms with Gasteiger partial charge in [0.1, 0.15) is 12.4 Å². The van der Waals surface area contributed by atoms with Gasteiger partial charge in [0.05, 0.1) is 12.7 Å². The Balaban J connectivity index is 2.22. The molecule has 0 N–H and O–H groups in total. The molecule has 0 radical (unpaired) electrons. The zero-order valence-electron chi connectivity index (χ0n) is 6.53. The first-order chi connectivity index (χ1) is 5.83. The molecule has 0 amide bonds. The number of carbonyl (C=O) groups excluding carboxylic acids is 1. The molecule has 1 aromatic rings. The van der Waals surface area contributed by atoms with E-state index >= 15 is 0 Å². The van der Waals surface area contributed by atoms with Crippen LogP contribution in [0.5, 0.6) is 0 Å². The van der Waals surface area contributed by atoms with E-state index < -0.39 is 0 Å². The molecule has 0 aliphatic carbocycles. The van der Waals surface area contributed by atoms with Crippen molar-refractivity contribution in [2.24, 2.45) is 0 Å². The average molecular weight is 186 g/mol. The molecule has 1 aromatic heterocycles. The summed E-state index contributed by atoms with van der Waals surface area (Å²) in [6.45, 7) is 0.208. The molecular formula is C8H10O3S. The van der Waals surface area contributed by atoms with Gasteiger partial charge in [-0.3, -0.25) is 4.79 Å². The summed E-state index contributed by atoms with van der Waals surface area (Å²) in [5, 5.41) is 0. The molecule has 0 saturated carbocycles. The van der Waals surface area contributed by atoms with Crippen LogP contribution in [0.3, 0.4) is 0 Å². The third-order valence-corrected chi connectivity index (χ3v) is 1.50. The number of esters is 1. The Bertz CT molecular complexity index is 230. The van der Waals surface area contributed by atoms with E-state index in [0.29, 0.717) is 17.9 Å². The summed E-state index contributed by atoms with van der Waals surface area (Å²) in [6, 6.07) is 3.51. The number of hydrogen-bond acceptors (Lipinski definition) is 4. The van der Waals surface area contributed by atoms with Gasteiger partial charge in [0.15, 0.2) is 0 Å². The lowest BCUT2D eigenvalue weighted by Gasteiger charge is -1.99. The number of ether oxygens (including phenoxy) is 1. The molecule has 1 rings (SSSR count). The van der Waals surface area contributed by atoms with Gasteiger partial charge in [0.25, 0.3) is 0 Å². The summed E-state index contributed by atoms with van der Waals surface area (Å²) in [6.07, 6.45) is 1.88. The molecule has 0 aliphatic rings. The minimum absolute atomic E-state index is 0.208. The lowest BCUT2D eigenvalue weighted by atomic mass is 10.4. The van der Waals surface area contributed by atoms with Gasteiger partial charge in [-0.2, -0.15) is 12.6 Å². The molecule has 0 aromatic carbocycles. The van der Waals surface area contributed by atoms with Gasteiger partial charge in [-0.05, 0) is 12.1 Å². The normalized spacial score (nSPS) is 9.75. The number of thiol groups is 1. The van der Waals surface area contributed by atoms with Crippen molar-refractivity contribution < 1.29 is 13.9 Å². The molecule has 0 saturated heterocycles. The molecule has 3 nitrogen and oxygen atoms in total. The zero-order valence-corrected chi connectivity index (χ0v) is 7.42. The number of carbonyl (C=O) groups is 1. The fourth-order valence-corrected chi connectivity index (χ4v) is 0.892. The largest absolute Gasteiger partial charge is 0.466 e. The Kier molecular flexibility index (Phi) is 3.73. The summed E-state index contributed by atoms with van der Waals surface area (Å²) in [5.41, 5.74) is 0. The fraction of sp³-hybridized carbons (Fsp3) is 0.375. The molecule has 0 unspecified atom stereocenters. The molecule has 0 fully saturated rings. The predicted molar refractivity (Wildman–Crippen MR) is 47.0 cm³/mol. The highest BCUT2D eigenvalue weighted by atomic mass is 32.1. The average Bonchev–Trinajstić information content (AvgIpc) is 2.53. The lowest BCUT2D eigenvalue weighted by molar-refractivity contribution is -0.144. The highest BCUT2D eigenvalue weighted by Crippen LogP contribution is 2.02. The first-order valence-electron chi connectivity index (χ1n) is 3.62. The van der Waals surface area contributed by atoms with Crippen LogP contribution in [0, 0.1) is 0 Å². The van der Waals surface area contributed by atoms with E-state index in [-0.39, 0.29) is 12.6 Å². The van der Waals surface area contributed by atoms with Crippen LogP contribution in [0.1, 0.15) is 12.2 Å². The minimum atomic E-state index is -0.249.